The molecule has 0 unspecified atom stereocenters. The van der Waals surface area contributed by atoms with E-state index in [1.54, 1.807) is 6.92 Å². The molecule has 1 aromatic carbocycles. The first kappa shape index (κ1) is 10.2. The number of anilines is 2. The Balaban J connectivity index is 2.68. The largest absolute Gasteiger partial charge is 0.506 e. The number of phenolic OH excluding ortho intramolecular Hbond substituents is 1. The highest BCUT2D eigenvalue weighted by atomic mass is 16.5. The Kier molecular flexibility index (Phi) is 3.17. The number of carbonyl (C=O) groups excluding carboxylic acids is 1. The second-order valence-electron chi connectivity index (χ2n) is 2.62. The van der Waals surface area contributed by atoms with Gasteiger partial charge in [-0.1, -0.05) is 0 Å². The highest BCUT2D eigenvalue weighted by Gasteiger charge is 2.03. The first-order valence-electron chi connectivity index (χ1n) is 4.15. The predicted octanol–water partition coefficient (Wildman–Crippen LogP) is 1.54. The van der Waals surface area contributed by atoms with Gasteiger partial charge in [0.2, 0.25) is 0 Å². The van der Waals surface area contributed by atoms with Crippen molar-refractivity contribution in [3.63, 3.8) is 0 Å². The van der Waals surface area contributed by atoms with Crippen molar-refractivity contribution in [1.82, 2.24) is 0 Å². The van der Waals surface area contributed by atoms with Crippen LogP contribution in [0.3, 0.4) is 0 Å². The molecule has 5 nitrogen and oxygen atoms in total. The van der Waals surface area contributed by atoms with Gasteiger partial charge in [-0.3, -0.25) is 5.32 Å². The fourth-order valence-electron chi connectivity index (χ4n) is 0.917. The number of carbonyl (C=O) groups is 1. The zero-order chi connectivity index (χ0) is 10.6. The Morgan fingerprint density at radius 1 is 1.64 bits per heavy atom. The molecule has 14 heavy (non-hydrogen) atoms. The molecule has 0 spiro atoms. The summed E-state index contributed by atoms with van der Waals surface area (Å²) in [6.45, 7) is 2.02. The summed E-state index contributed by atoms with van der Waals surface area (Å²) in [6.07, 6.45) is -0.544. The van der Waals surface area contributed by atoms with Crippen molar-refractivity contribution in [3.05, 3.63) is 18.2 Å². The Morgan fingerprint density at radius 2 is 2.36 bits per heavy atom. The quantitative estimate of drug-likeness (QED) is 0.380. The molecule has 4 N–H and O–H groups in total. The number of rotatable bonds is 2. The Labute approximate surface area is 81.5 Å². The van der Waals surface area contributed by atoms with Gasteiger partial charge in [-0.15, -0.1) is 0 Å². The van der Waals surface area contributed by atoms with E-state index in [1.807, 2.05) is 0 Å². The van der Waals surface area contributed by atoms with Gasteiger partial charge in [-0.25, -0.2) is 4.79 Å². The monoisotopic (exact) mass is 196 g/mol. The smallest absolute Gasteiger partial charge is 0.411 e. The lowest BCUT2D eigenvalue weighted by atomic mass is 10.2. The van der Waals surface area contributed by atoms with Crippen LogP contribution in [-0.2, 0) is 4.74 Å². The van der Waals surface area contributed by atoms with Crippen LogP contribution in [-0.4, -0.2) is 17.8 Å². The van der Waals surface area contributed by atoms with Crippen LogP contribution in [0, 0.1) is 0 Å². The van der Waals surface area contributed by atoms with E-state index in [0.717, 1.165) is 0 Å². The highest BCUT2D eigenvalue weighted by Crippen LogP contribution is 2.23. The molecule has 1 aromatic rings. The molecule has 0 fully saturated rings. The maximum Gasteiger partial charge on any atom is 0.411 e. The summed E-state index contributed by atoms with van der Waals surface area (Å²) in [6, 6.07) is 4.38. The maximum absolute atomic E-state index is 11.0. The first-order valence-corrected chi connectivity index (χ1v) is 4.15. The second-order valence-corrected chi connectivity index (χ2v) is 2.62. The van der Waals surface area contributed by atoms with Gasteiger partial charge in [0.05, 0.1) is 12.3 Å². The molecule has 0 saturated heterocycles. The van der Waals surface area contributed by atoms with Gasteiger partial charge in [0.1, 0.15) is 5.75 Å². The third-order valence-electron chi connectivity index (χ3n) is 1.55. The number of phenols is 1. The second kappa shape index (κ2) is 4.36. The number of hydrogen-bond acceptors (Lipinski definition) is 4. The molecule has 0 aliphatic rings. The Morgan fingerprint density at radius 3 is 2.93 bits per heavy atom. The predicted molar refractivity (Wildman–Crippen MR) is 53.2 cm³/mol. The standard InChI is InChI=1S/C9H12N2O3/c1-2-14-9(13)11-6-3-4-8(12)7(10)5-6/h3-5,12H,2,10H2,1H3,(H,11,13). The molecule has 76 valence electrons. The molecule has 0 heterocycles. The lowest BCUT2D eigenvalue weighted by Gasteiger charge is -2.06. The number of amides is 1. The van der Waals surface area contributed by atoms with Gasteiger partial charge in [0, 0.05) is 5.69 Å². The number of nitrogens with two attached hydrogens (primary N) is 1. The van der Waals surface area contributed by atoms with Gasteiger partial charge in [0.15, 0.2) is 0 Å². The fraction of sp³-hybridized carbons (Fsp3) is 0.222. The van der Waals surface area contributed by atoms with E-state index in [2.05, 4.69) is 10.1 Å². The minimum Gasteiger partial charge on any atom is -0.506 e. The number of aromatic hydroxyl groups is 1. The van der Waals surface area contributed by atoms with E-state index in [1.165, 1.54) is 18.2 Å². The number of hydrogen-bond donors (Lipinski definition) is 3. The molecule has 1 amide bonds. The van der Waals surface area contributed by atoms with Gasteiger partial charge in [-0.05, 0) is 25.1 Å². The summed E-state index contributed by atoms with van der Waals surface area (Å²) in [7, 11) is 0. The number of nitrogen functional groups attached to an aromatic ring is 1. The normalized spacial score (nSPS) is 9.50. The first-order chi connectivity index (χ1) is 6.63. The molecule has 0 atom stereocenters. The molecular formula is C9H12N2O3. The summed E-state index contributed by atoms with van der Waals surface area (Å²) in [5, 5.41) is 11.6. The third-order valence-corrected chi connectivity index (χ3v) is 1.55. The van der Waals surface area contributed by atoms with Crippen molar-refractivity contribution in [1.29, 1.82) is 0 Å². The summed E-state index contributed by atoms with van der Waals surface area (Å²) in [5.74, 6) is -0.0144. The number of benzene rings is 1. The van der Waals surface area contributed by atoms with Crippen LogP contribution in [0.1, 0.15) is 6.92 Å². The van der Waals surface area contributed by atoms with Crippen LogP contribution in [0.4, 0.5) is 16.2 Å². The summed E-state index contributed by atoms with van der Waals surface area (Å²) < 4.78 is 4.66. The summed E-state index contributed by atoms with van der Waals surface area (Å²) >= 11 is 0. The Hall–Kier alpha value is -1.91. The number of nitrogens with one attached hydrogen (secondary N) is 1. The minimum absolute atomic E-state index is 0.0144. The summed E-state index contributed by atoms with van der Waals surface area (Å²) in [4.78, 5) is 11.0. The number of ether oxygens (including phenoxy) is 1. The van der Waals surface area contributed by atoms with E-state index in [0.29, 0.717) is 12.3 Å². The van der Waals surface area contributed by atoms with E-state index < -0.39 is 6.09 Å². The van der Waals surface area contributed by atoms with Gasteiger partial charge < -0.3 is 15.6 Å². The average molecular weight is 196 g/mol. The van der Waals surface area contributed by atoms with Crippen molar-refractivity contribution >= 4 is 17.5 Å². The average Bonchev–Trinajstić information content (AvgIpc) is 2.12. The highest BCUT2D eigenvalue weighted by molar-refractivity contribution is 5.85. The Bertz CT molecular complexity index is 339. The SMILES string of the molecule is CCOC(=O)Nc1ccc(O)c(N)c1. The van der Waals surface area contributed by atoms with Crippen LogP contribution < -0.4 is 11.1 Å². The minimum atomic E-state index is -0.544. The van der Waals surface area contributed by atoms with Gasteiger partial charge >= 0.3 is 6.09 Å². The van der Waals surface area contributed by atoms with Crippen LogP contribution in [0.15, 0.2) is 18.2 Å². The zero-order valence-electron chi connectivity index (χ0n) is 7.78. The molecule has 0 bridgehead atoms. The molecule has 0 aromatic heterocycles. The maximum atomic E-state index is 11.0. The topological polar surface area (TPSA) is 84.6 Å². The van der Waals surface area contributed by atoms with E-state index >= 15 is 0 Å². The third kappa shape index (κ3) is 2.55. The van der Waals surface area contributed by atoms with Crippen LogP contribution in [0.2, 0.25) is 0 Å². The van der Waals surface area contributed by atoms with E-state index in [-0.39, 0.29) is 11.4 Å². The lowest BCUT2D eigenvalue weighted by Crippen LogP contribution is -2.13. The lowest BCUT2D eigenvalue weighted by molar-refractivity contribution is 0.168. The van der Waals surface area contributed by atoms with E-state index in [9.17, 15) is 4.79 Å². The molecule has 0 radical (unpaired) electrons. The molecule has 0 aliphatic heterocycles. The van der Waals surface area contributed by atoms with Crippen LogP contribution in [0.5, 0.6) is 5.75 Å². The van der Waals surface area contributed by atoms with Crippen molar-refractivity contribution in [2.24, 2.45) is 0 Å². The van der Waals surface area contributed by atoms with E-state index in [4.69, 9.17) is 10.8 Å². The van der Waals surface area contributed by atoms with Gasteiger partial charge in [0.25, 0.3) is 0 Å². The molecule has 0 aliphatic carbocycles. The van der Waals surface area contributed by atoms with Gasteiger partial charge in [-0.2, -0.15) is 0 Å². The van der Waals surface area contributed by atoms with Crippen molar-refractivity contribution in [3.8, 4) is 5.75 Å². The molecular weight excluding hydrogens is 184 g/mol. The van der Waals surface area contributed by atoms with Crippen molar-refractivity contribution in [2.75, 3.05) is 17.7 Å². The summed E-state index contributed by atoms with van der Waals surface area (Å²) in [5.41, 5.74) is 6.12. The van der Waals surface area contributed by atoms with Crippen LogP contribution >= 0.6 is 0 Å². The molecule has 0 saturated carbocycles. The molecule has 5 heteroatoms. The fourth-order valence-corrected chi connectivity index (χ4v) is 0.917. The van der Waals surface area contributed by atoms with Crippen molar-refractivity contribution in [2.45, 2.75) is 6.92 Å². The zero-order valence-corrected chi connectivity index (χ0v) is 7.78. The molecule has 1 rings (SSSR count). The van der Waals surface area contributed by atoms with Crippen molar-refractivity contribution < 1.29 is 14.6 Å². The van der Waals surface area contributed by atoms with Crippen LogP contribution in [0.25, 0.3) is 0 Å².